The Morgan fingerprint density at radius 2 is 2.05 bits per heavy atom. The highest BCUT2D eigenvalue weighted by molar-refractivity contribution is 5.36. The minimum Gasteiger partial charge on any atom is -0.489 e. The molecule has 0 amide bonds. The van der Waals surface area contributed by atoms with E-state index in [0.717, 1.165) is 17.7 Å². The average molecular weight is 290 g/mol. The van der Waals surface area contributed by atoms with Crippen molar-refractivity contribution in [3.05, 3.63) is 69.5 Å². The van der Waals surface area contributed by atoms with Crippen LogP contribution in [0.4, 0.5) is 10.1 Å². The smallest absolute Gasteiger partial charge is 0.304 e. The lowest BCUT2D eigenvalue weighted by atomic mass is 10.2. The van der Waals surface area contributed by atoms with Gasteiger partial charge in [-0.25, -0.2) is 0 Å². The molecule has 2 aromatic rings. The number of ether oxygens (including phenoxy) is 1. The van der Waals surface area contributed by atoms with Crippen molar-refractivity contribution in [3.8, 4) is 5.75 Å². The topological polar surface area (TPSA) is 64.4 Å². The zero-order valence-corrected chi connectivity index (χ0v) is 11.5. The van der Waals surface area contributed by atoms with E-state index in [0.29, 0.717) is 17.9 Å². The number of benzene rings is 2. The van der Waals surface area contributed by atoms with E-state index in [-0.39, 0.29) is 6.61 Å². The highest BCUT2D eigenvalue weighted by atomic mass is 19.1. The standard InChI is InChI=1S/C15H15FN2O3/c1-17-9-12-4-2-3-5-15(12)21-10-11-6-7-14(18(19)20)13(16)8-11/h2-8,17H,9-10H2,1H3. The van der Waals surface area contributed by atoms with Crippen LogP contribution in [0.25, 0.3) is 0 Å². The van der Waals surface area contributed by atoms with Gasteiger partial charge in [-0.15, -0.1) is 0 Å². The second-order valence-corrected chi connectivity index (χ2v) is 4.47. The fraction of sp³-hybridized carbons (Fsp3) is 0.200. The lowest BCUT2D eigenvalue weighted by Crippen LogP contribution is -2.07. The molecule has 0 spiro atoms. The maximum atomic E-state index is 13.5. The fourth-order valence-corrected chi connectivity index (χ4v) is 1.93. The summed E-state index contributed by atoms with van der Waals surface area (Å²) in [5.74, 6) is -0.157. The predicted octanol–water partition coefficient (Wildman–Crippen LogP) is 3.03. The molecule has 0 atom stereocenters. The highest BCUT2D eigenvalue weighted by Crippen LogP contribution is 2.21. The average Bonchev–Trinajstić information content (AvgIpc) is 2.46. The van der Waals surface area contributed by atoms with Gasteiger partial charge in [0, 0.05) is 18.2 Å². The lowest BCUT2D eigenvalue weighted by Gasteiger charge is -2.11. The molecular weight excluding hydrogens is 275 g/mol. The predicted molar refractivity (Wildman–Crippen MR) is 76.6 cm³/mol. The van der Waals surface area contributed by atoms with E-state index in [1.54, 1.807) is 0 Å². The van der Waals surface area contributed by atoms with Crippen LogP contribution in [-0.4, -0.2) is 12.0 Å². The van der Waals surface area contributed by atoms with Crippen molar-refractivity contribution in [2.75, 3.05) is 7.05 Å². The maximum Gasteiger partial charge on any atom is 0.304 e. The summed E-state index contributed by atoms with van der Waals surface area (Å²) >= 11 is 0. The number of hydrogen-bond acceptors (Lipinski definition) is 4. The van der Waals surface area contributed by atoms with Gasteiger partial charge >= 0.3 is 5.69 Å². The van der Waals surface area contributed by atoms with Crippen LogP contribution in [0.3, 0.4) is 0 Å². The van der Waals surface area contributed by atoms with E-state index < -0.39 is 16.4 Å². The van der Waals surface area contributed by atoms with Crippen molar-refractivity contribution in [2.45, 2.75) is 13.2 Å². The number of para-hydroxylation sites is 1. The van der Waals surface area contributed by atoms with E-state index in [4.69, 9.17) is 4.74 Å². The second-order valence-electron chi connectivity index (χ2n) is 4.47. The van der Waals surface area contributed by atoms with Crippen LogP contribution in [0, 0.1) is 15.9 Å². The quantitative estimate of drug-likeness (QED) is 0.656. The van der Waals surface area contributed by atoms with E-state index in [1.165, 1.54) is 6.07 Å². The number of rotatable bonds is 6. The van der Waals surface area contributed by atoms with Gasteiger partial charge < -0.3 is 10.1 Å². The molecule has 5 nitrogen and oxygen atoms in total. The maximum absolute atomic E-state index is 13.5. The van der Waals surface area contributed by atoms with Crippen molar-refractivity contribution in [2.24, 2.45) is 0 Å². The number of nitro benzene ring substituents is 1. The van der Waals surface area contributed by atoms with Crippen LogP contribution in [0.1, 0.15) is 11.1 Å². The Bertz CT molecular complexity index is 647. The first kappa shape index (κ1) is 14.9. The minimum absolute atomic E-state index is 0.148. The summed E-state index contributed by atoms with van der Waals surface area (Å²) < 4.78 is 19.2. The molecule has 0 aliphatic rings. The van der Waals surface area contributed by atoms with Gasteiger partial charge in [-0.3, -0.25) is 10.1 Å². The second kappa shape index (κ2) is 6.81. The van der Waals surface area contributed by atoms with Gasteiger partial charge in [0.2, 0.25) is 5.82 Å². The minimum atomic E-state index is -0.857. The van der Waals surface area contributed by atoms with Gasteiger partial charge in [0.05, 0.1) is 4.92 Å². The number of halogens is 1. The molecule has 0 unspecified atom stereocenters. The fourth-order valence-electron chi connectivity index (χ4n) is 1.93. The van der Waals surface area contributed by atoms with Crippen LogP contribution in [0.5, 0.6) is 5.75 Å². The molecule has 0 radical (unpaired) electrons. The molecule has 0 fully saturated rings. The van der Waals surface area contributed by atoms with E-state index >= 15 is 0 Å². The van der Waals surface area contributed by atoms with Crippen LogP contribution in [-0.2, 0) is 13.2 Å². The zero-order chi connectivity index (χ0) is 15.2. The van der Waals surface area contributed by atoms with E-state index in [1.807, 2.05) is 31.3 Å². The third-order valence-electron chi connectivity index (χ3n) is 2.94. The first-order chi connectivity index (χ1) is 10.1. The molecule has 110 valence electrons. The summed E-state index contributed by atoms with van der Waals surface area (Å²) in [6.45, 7) is 0.806. The summed E-state index contributed by atoms with van der Waals surface area (Å²) in [6.07, 6.45) is 0. The third kappa shape index (κ3) is 3.76. The molecular formula is C15H15FN2O3. The number of nitrogens with zero attached hydrogens (tertiary/aromatic N) is 1. The van der Waals surface area contributed by atoms with Crippen molar-refractivity contribution < 1.29 is 14.1 Å². The Balaban J connectivity index is 2.10. The summed E-state index contributed by atoms with van der Waals surface area (Å²) in [6, 6.07) is 11.3. The zero-order valence-electron chi connectivity index (χ0n) is 11.5. The molecule has 0 heterocycles. The first-order valence-corrected chi connectivity index (χ1v) is 6.40. The van der Waals surface area contributed by atoms with Crippen LogP contribution in [0.15, 0.2) is 42.5 Å². The Kier molecular flexibility index (Phi) is 4.84. The van der Waals surface area contributed by atoms with Gasteiger partial charge in [-0.2, -0.15) is 4.39 Å². The molecule has 0 aliphatic carbocycles. The Hall–Kier alpha value is -2.47. The molecule has 6 heteroatoms. The summed E-state index contributed by atoms with van der Waals surface area (Å²) in [5, 5.41) is 13.6. The van der Waals surface area contributed by atoms with Crippen LogP contribution < -0.4 is 10.1 Å². The van der Waals surface area contributed by atoms with Crippen molar-refractivity contribution in [1.29, 1.82) is 0 Å². The Morgan fingerprint density at radius 1 is 1.29 bits per heavy atom. The largest absolute Gasteiger partial charge is 0.489 e. The molecule has 0 aromatic heterocycles. The van der Waals surface area contributed by atoms with Gasteiger partial charge in [-0.1, -0.05) is 18.2 Å². The molecule has 0 saturated heterocycles. The third-order valence-corrected chi connectivity index (χ3v) is 2.94. The Labute approximate surface area is 121 Å². The highest BCUT2D eigenvalue weighted by Gasteiger charge is 2.14. The summed E-state index contributed by atoms with van der Waals surface area (Å²) in [7, 11) is 1.84. The summed E-state index contributed by atoms with van der Waals surface area (Å²) in [5.41, 5.74) is 0.995. The lowest BCUT2D eigenvalue weighted by molar-refractivity contribution is -0.387. The monoisotopic (exact) mass is 290 g/mol. The molecule has 0 bridgehead atoms. The van der Waals surface area contributed by atoms with Crippen LogP contribution >= 0.6 is 0 Å². The SMILES string of the molecule is CNCc1ccccc1OCc1ccc([N+](=O)[O-])c(F)c1. The molecule has 21 heavy (non-hydrogen) atoms. The first-order valence-electron chi connectivity index (χ1n) is 6.40. The van der Waals surface area contributed by atoms with E-state index in [9.17, 15) is 14.5 Å². The number of hydrogen-bond donors (Lipinski definition) is 1. The number of nitrogens with one attached hydrogen (secondary N) is 1. The van der Waals surface area contributed by atoms with Gasteiger partial charge in [0.25, 0.3) is 0 Å². The van der Waals surface area contributed by atoms with E-state index in [2.05, 4.69) is 5.32 Å². The summed E-state index contributed by atoms with van der Waals surface area (Å²) in [4.78, 5) is 9.81. The van der Waals surface area contributed by atoms with Crippen molar-refractivity contribution in [3.63, 3.8) is 0 Å². The van der Waals surface area contributed by atoms with Crippen molar-refractivity contribution in [1.82, 2.24) is 5.32 Å². The molecule has 0 aliphatic heterocycles. The van der Waals surface area contributed by atoms with Gasteiger partial charge in [0.1, 0.15) is 12.4 Å². The van der Waals surface area contributed by atoms with Crippen molar-refractivity contribution >= 4 is 5.69 Å². The molecule has 2 rings (SSSR count). The van der Waals surface area contributed by atoms with Gasteiger partial charge in [0.15, 0.2) is 0 Å². The molecule has 1 N–H and O–H groups in total. The molecule has 0 saturated carbocycles. The van der Waals surface area contributed by atoms with Crippen LogP contribution in [0.2, 0.25) is 0 Å². The molecule has 2 aromatic carbocycles. The Morgan fingerprint density at radius 3 is 2.71 bits per heavy atom. The normalized spacial score (nSPS) is 10.4. The number of nitro groups is 1. The van der Waals surface area contributed by atoms with Gasteiger partial charge in [-0.05, 0) is 30.8 Å².